The van der Waals surface area contributed by atoms with Crippen LogP contribution in [0.4, 0.5) is 0 Å². The van der Waals surface area contributed by atoms with E-state index in [1.807, 2.05) is 17.1 Å². The van der Waals surface area contributed by atoms with E-state index in [0.717, 1.165) is 6.42 Å². The van der Waals surface area contributed by atoms with E-state index in [0.29, 0.717) is 55.6 Å². The Bertz CT molecular complexity index is 865. The minimum Gasteiger partial charge on any atom is -0.379 e. The highest BCUT2D eigenvalue weighted by Gasteiger charge is 2.36. The monoisotopic (exact) mass is 404 g/mol. The third kappa shape index (κ3) is 3.89. The summed E-state index contributed by atoms with van der Waals surface area (Å²) in [5.41, 5.74) is 3.73. The van der Waals surface area contributed by atoms with Crippen molar-refractivity contribution >= 4 is 23.4 Å². The van der Waals surface area contributed by atoms with Gasteiger partial charge < -0.3 is 14.2 Å². The van der Waals surface area contributed by atoms with Crippen molar-refractivity contribution in [1.29, 1.82) is 0 Å². The Morgan fingerprint density at radius 1 is 1.18 bits per heavy atom. The van der Waals surface area contributed by atoms with Crippen LogP contribution in [0.5, 0.6) is 0 Å². The van der Waals surface area contributed by atoms with Crippen molar-refractivity contribution in [2.24, 2.45) is 0 Å². The van der Waals surface area contributed by atoms with E-state index in [-0.39, 0.29) is 17.5 Å². The Kier molecular flexibility index (Phi) is 5.61. The molecule has 2 amide bonds. The summed E-state index contributed by atoms with van der Waals surface area (Å²) < 4.78 is 10.6. The second kappa shape index (κ2) is 8.30. The molecule has 1 atom stereocenters. The van der Waals surface area contributed by atoms with Gasteiger partial charge in [0.1, 0.15) is 6.04 Å². The number of carbonyl (C=O) groups excluding carboxylic acids is 2. The van der Waals surface area contributed by atoms with Crippen molar-refractivity contribution in [2.75, 3.05) is 32.8 Å². The molecule has 2 fully saturated rings. The topological polar surface area (TPSA) is 87.9 Å². The fourth-order valence-electron chi connectivity index (χ4n) is 3.50. The lowest BCUT2D eigenvalue weighted by atomic mass is 10.1. The van der Waals surface area contributed by atoms with E-state index < -0.39 is 6.04 Å². The number of amides is 2. The van der Waals surface area contributed by atoms with Gasteiger partial charge >= 0.3 is 0 Å². The molecule has 2 saturated heterocycles. The van der Waals surface area contributed by atoms with Gasteiger partial charge in [-0.2, -0.15) is 0 Å². The second-order valence-electron chi connectivity index (χ2n) is 6.79. The highest BCUT2D eigenvalue weighted by atomic mass is 35.5. The van der Waals surface area contributed by atoms with Crippen LogP contribution < -0.4 is 5.43 Å². The van der Waals surface area contributed by atoms with E-state index in [1.54, 1.807) is 23.1 Å². The van der Waals surface area contributed by atoms with Crippen molar-refractivity contribution in [1.82, 2.24) is 20.5 Å². The molecule has 1 unspecified atom stereocenters. The average Bonchev–Trinajstić information content (AvgIpc) is 3.39. The largest absolute Gasteiger partial charge is 0.379 e. The number of likely N-dealkylation sites (tertiary alicyclic amines) is 1. The normalized spacial score (nSPS) is 20.3. The molecular formula is C19H21ClN4O4. The summed E-state index contributed by atoms with van der Waals surface area (Å²) in [4.78, 5) is 27.2. The Labute approximate surface area is 167 Å². The summed E-state index contributed by atoms with van der Waals surface area (Å²) in [5.74, 6) is -0.0771. The zero-order valence-corrected chi connectivity index (χ0v) is 16.0. The lowest BCUT2D eigenvalue weighted by Gasteiger charge is -2.30. The summed E-state index contributed by atoms with van der Waals surface area (Å²) in [6.07, 6.45) is 1.39. The number of aromatic nitrogens is 1. The standard InChI is InChI=1S/C19H21ClN4O4/c20-14-5-2-1-4-13(14)17-12-15(22-28-17)19(26)24-7-3-6-16(24)18(25)21-23-8-10-27-11-9-23/h1-2,4-5,12,16H,3,6-11H2,(H,21,25). The maximum absolute atomic E-state index is 12.9. The molecule has 1 aromatic carbocycles. The molecule has 0 bridgehead atoms. The van der Waals surface area contributed by atoms with Gasteiger partial charge in [-0.1, -0.05) is 28.9 Å². The molecule has 3 heterocycles. The lowest BCUT2D eigenvalue weighted by molar-refractivity contribution is -0.131. The minimum atomic E-state index is -0.518. The maximum Gasteiger partial charge on any atom is 0.276 e. The van der Waals surface area contributed by atoms with Crippen LogP contribution in [0.3, 0.4) is 0 Å². The fourth-order valence-corrected chi connectivity index (χ4v) is 3.73. The molecule has 2 aliphatic heterocycles. The highest BCUT2D eigenvalue weighted by Crippen LogP contribution is 2.29. The van der Waals surface area contributed by atoms with Crippen molar-refractivity contribution in [2.45, 2.75) is 18.9 Å². The maximum atomic E-state index is 12.9. The number of hydrogen-bond donors (Lipinski definition) is 1. The summed E-state index contributed by atoms with van der Waals surface area (Å²) in [6, 6.07) is 8.24. The number of morpholine rings is 1. The van der Waals surface area contributed by atoms with Crippen LogP contribution in [0, 0.1) is 0 Å². The molecule has 0 spiro atoms. The van der Waals surface area contributed by atoms with Gasteiger partial charge in [-0.15, -0.1) is 0 Å². The minimum absolute atomic E-state index is 0.168. The predicted molar refractivity (Wildman–Crippen MR) is 102 cm³/mol. The second-order valence-corrected chi connectivity index (χ2v) is 7.20. The molecule has 1 N–H and O–H groups in total. The number of carbonyl (C=O) groups is 2. The van der Waals surface area contributed by atoms with Crippen LogP contribution >= 0.6 is 11.6 Å². The SMILES string of the molecule is O=C(NN1CCOCC1)C1CCCN1C(=O)c1cc(-c2ccccc2Cl)on1. The summed E-state index contributed by atoms with van der Waals surface area (Å²) in [7, 11) is 0. The molecule has 1 aromatic heterocycles. The number of hydrazine groups is 1. The van der Waals surface area contributed by atoms with E-state index in [2.05, 4.69) is 10.6 Å². The summed E-state index contributed by atoms with van der Waals surface area (Å²) in [5, 5.41) is 6.25. The van der Waals surface area contributed by atoms with Gasteiger partial charge in [-0.25, -0.2) is 5.01 Å². The Balaban J connectivity index is 1.46. The summed E-state index contributed by atoms with van der Waals surface area (Å²) in [6.45, 7) is 2.94. The first-order chi connectivity index (χ1) is 13.6. The van der Waals surface area contributed by atoms with Crippen LogP contribution in [-0.2, 0) is 9.53 Å². The molecule has 0 aliphatic carbocycles. The molecule has 9 heteroatoms. The van der Waals surface area contributed by atoms with Crippen molar-refractivity contribution < 1.29 is 18.8 Å². The van der Waals surface area contributed by atoms with E-state index >= 15 is 0 Å². The van der Waals surface area contributed by atoms with E-state index in [1.165, 1.54) is 0 Å². The first-order valence-corrected chi connectivity index (χ1v) is 9.67. The van der Waals surface area contributed by atoms with Gasteiger partial charge in [0.15, 0.2) is 11.5 Å². The molecule has 28 heavy (non-hydrogen) atoms. The number of nitrogens with one attached hydrogen (secondary N) is 1. The number of hydrogen-bond acceptors (Lipinski definition) is 6. The number of rotatable bonds is 4. The van der Waals surface area contributed by atoms with Gasteiger partial charge in [-0.3, -0.25) is 15.0 Å². The first-order valence-electron chi connectivity index (χ1n) is 9.29. The number of nitrogens with zero attached hydrogens (tertiary/aromatic N) is 3. The lowest BCUT2D eigenvalue weighted by Crippen LogP contribution is -2.54. The Morgan fingerprint density at radius 3 is 2.75 bits per heavy atom. The van der Waals surface area contributed by atoms with Gasteiger partial charge in [0, 0.05) is 31.3 Å². The van der Waals surface area contributed by atoms with Crippen molar-refractivity contribution in [3.8, 4) is 11.3 Å². The molecule has 0 radical (unpaired) electrons. The average molecular weight is 405 g/mol. The third-order valence-electron chi connectivity index (χ3n) is 4.96. The van der Waals surface area contributed by atoms with Gasteiger partial charge in [-0.05, 0) is 25.0 Å². The highest BCUT2D eigenvalue weighted by molar-refractivity contribution is 6.33. The summed E-state index contributed by atoms with van der Waals surface area (Å²) >= 11 is 6.18. The number of benzene rings is 1. The number of halogens is 1. The van der Waals surface area contributed by atoms with Gasteiger partial charge in [0.25, 0.3) is 11.8 Å². The smallest absolute Gasteiger partial charge is 0.276 e. The Morgan fingerprint density at radius 2 is 1.96 bits per heavy atom. The van der Waals surface area contributed by atoms with Crippen LogP contribution in [-0.4, -0.2) is 65.8 Å². The van der Waals surface area contributed by atoms with Gasteiger partial charge in [0.05, 0.1) is 18.2 Å². The van der Waals surface area contributed by atoms with Crippen LogP contribution in [0.1, 0.15) is 23.3 Å². The van der Waals surface area contributed by atoms with Crippen LogP contribution in [0.2, 0.25) is 5.02 Å². The van der Waals surface area contributed by atoms with Crippen molar-refractivity contribution in [3.05, 3.63) is 41.0 Å². The molecule has 0 saturated carbocycles. The number of ether oxygens (including phenoxy) is 1. The zero-order chi connectivity index (χ0) is 19.5. The molecule has 8 nitrogen and oxygen atoms in total. The molecular weight excluding hydrogens is 384 g/mol. The zero-order valence-electron chi connectivity index (χ0n) is 15.3. The van der Waals surface area contributed by atoms with Crippen molar-refractivity contribution in [3.63, 3.8) is 0 Å². The van der Waals surface area contributed by atoms with Crippen LogP contribution in [0.25, 0.3) is 11.3 Å². The molecule has 2 aromatic rings. The first kappa shape index (κ1) is 18.9. The van der Waals surface area contributed by atoms with Crippen LogP contribution in [0.15, 0.2) is 34.9 Å². The van der Waals surface area contributed by atoms with E-state index in [4.69, 9.17) is 20.9 Å². The fraction of sp³-hybridized carbons (Fsp3) is 0.421. The third-order valence-corrected chi connectivity index (χ3v) is 5.29. The molecule has 2 aliphatic rings. The van der Waals surface area contributed by atoms with Gasteiger partial charge in [0.2, 0.25) is 0 Å². The Hall–Kier alpha value is -2.42. The predicted octanol–water partition coefficient (Wildman–Crippen LogP) is 1.96. The van der Waals surface area contributed by atoms with E-state index in [9.17, 15) is 9.59 Å². The molecule has 4 rings (SSSR count). The quantitative estimate of drug-likeness (QED) is 0.838. The molecule has 148 valence electrons.